The predicted molar refractivity (Wildman–Crippen MR) is 65.5 cm³/mol. The highest BCUT2D eigenvalue weighted by molar-refractivity contribution is 5.73. The van der Waals surface area contributed by atoms with Gasteiger partial charge in [-0.1, -0.05) is 23.4 Å². The molecule has 0 aliphatic carbocycles. The smallest absolute Gasteiger partial charge is 0.113 e. The van der Waals surface area contributed by atoms with Gasteiger partial charge in [-0.05, 0) is 24.3 Å². The summed E-state index contributed by atoms with van der Waals surface area (Å²) in [4.78, 5) is 4.30. The first-order valence-corrected chi connectivity index (χ1v) is 5.61. The molecule has 1 aromatic carbocycles. The molecule has 0 radical (unpaired) electrons. The predicted octanol–water partition coefficient (Wildman–Crippen LogP) is 2.07. The molecule has 0 bridgehead atoms. The van der Waals surface area contributed by atoms with E-state index in [1.54, 1.807) is 0 Å². The Morgan fingerprint density at radius 3 is 2.76 bits per heavy atom. The standard InChI is InChI=1S/C13H12N4/c1-2-7-13-12(6-1)15-16-17(13)10-8-11-5-3-4-9-14-11/h1-7,9H,8,10H2. The lowest BCUT2D eigenvalue weighted by molar-refractivity contribution is 0.601. The van der Waals surface area contributed by atoms with Crippen LogP contribution in [0.2, 0.25) is 0 Å². The maximum atomic E-state index is 4.30. The van der Waals surface area contributed by atoms with Crippen molar-refractivity contribution in [2.75, 3.05) is 0 Å². The van der Waals surface area contributed by atoms with Crippen LogP contribution in [-0.2, 0) is 13.0 Å². The van der Waals surface area contributed by atoms with E-state index in [0.717, 1.165) is 29.7 Å². The van der Waals surface area contributed by atoms with Crippen LogP contribution < -0.4 is 0 Å². The third-order valence-corrected chi connectivity index (χ3v) is 2.73. The highest BCUT2D eigenvalue weighted by Gasteiger charge is 2.03. The average molecular weight is 224 g/mol. The van der Waals surface area contributed by atoms with Crippen molar-refractivity contribution in [2.24, 2.45) is 0 Å². The lowest BCUT2D eigenvalue weighted by Crippen LogP contribution is -2.04. The van der Waals surface area contributed by atoms with Crippen molar-refractivity contribution in [1.29, 1.82) is 0 Å². The van der Waals surface area contributed by atoms with Gasteiger partial charge in [0.15, 0.2) is 0 Å². The second kappa shape index (κ2) is 4.33. The summed E-state index contributed by atoms with van der Waals surface area (Å²) in [6.45, 7) is 0.803. The van der Waals surface area contributed by atoms with Gasteiger partial charge in [-0.25, -0.2) is 4.68 Å². The quantitative estimate of drug-likeness (QED) is 0.684. The van der Waals surface area contributed by atoms with E-state index in [0.29, 0.717) is 0 Å². The Labute approximate surface area is 98.9 Å². The number of para-hydroxylation sites is 1. The van der Waals surface area contributed by atoms with E-state index in [2.05, 4.69) is 15.3 Å². The van der Waals surface area contributed by atoms with Gasteiger partial charge in [-0.15, -0.1) is 5.10 Å². The third-order valence-electron chi connectivity index (χ3n) is 2.73. The minimum atomic E-state index is 0.803. The number of aryl methyl sites for hydroxylation is 2. The SMILES string of the molecule is c1ccc(CCn2nnc3ccccc32)nc1. The Bertz CT molecular complexity index is 615. The van der Waals surface area contributed by atoms with Gasteiger partial charge in [0.1, 0.15) is 5.52 Å². The van der Waals surface area contributed by atoms with Gasteiger partial charge in [-0.3, -0.25) is 4.98 Å². The van der Waals surface area contributed by atoms with Crippen LogP contribution in [0.4, 0.5) is 0 Å². The average Bonchev–Trinajstić information content (AvgIpc) is 2.81. The van der Waals surface area contributed by atoms with Crippen LogP contribution in [-0.4, -0.2) is 20.0 Å². The number of rotatable bonds is 3. The monoisotopic (exact) mass is 224 g/mol. The zero-order valence-electron chi connectivity index (χ0n) is 9.32. The van der Waals surface area contributed by atoms with E-state index in [9.17, 15) is 0 Å². The summed E-state index contributed by atoms with van der Waals surface area (Å²) in [6.07, 6.45) is 2.68. The molecule has 0 aliphatic heterocycles. The fraction of sp³-hybridized carbons (Fsp3) is 0.154. The topological polar surface area (TPSA) is 43.6 Å². The number of benzene rings is 1. The second-order valence-corrected chi connectivity index (χ2v) is 3.87. The summed E-state index contributed by atoms with van der Waals surface area (Å²) < 4.78 is 1.92. The number of fused-ring (bicyclic) bond motifs is 1. The summed E-state index contributed by atoms with van der Waals surface area (Å²) in [7, 11) is 0. The Kier molecular flexibility index (Phi) is 2.54. The molecular weight excluding hydrogens is 212 g/mol. The molecule has 0 fully saturated rings. The molecule has 4 heteroatoms. The number of hydrogen-bond donors (Lipinski definition) is 0. The zero-order valence-corrected chi connectivity index (χ0v) is 9.32. The summed E-state index contributed by atoms with van der Waals surface area (Å²) in [5.41, 5.74) is 3.09. The summed E-state index contributed by atoms with van der Waals surface area (Å²) in [6, 6.07) is 13.9. The highest BCUT2D eigenvalue weighted by atomic mass is 15.4. The van der Waals surface area contributed by atoms with Gasteiger partial charge in [0.2, 0.25) is 0 Å². The molecule has 17 heavy (non-hydrogen) atoms. The van der Waals surface area contributed by atoms with Gasteiger partial charge in [0.25, 0.3) is 0 Å². The van der Waals surface area contributed by atoms with Gasteiger partial charge < -0.3 is 0 Å². The summed E-state index contributed by atoms with van der Waals surface area (Å²) >= 11 is 0. The molecule has 2 aromatic heterocycles. The molecule has 3 aromatic rings. The van der Waals surface area contributed by atoms with Crippen LogP contribution in [0.15, 0.2) is 48.7 Å². The van der Waals surface area contributed by atoms with Crippen molar-refractivity contribution < 1.29 is 0 Å². The van der Waals surface area contributed by atoms with Crippen molar-refractivity contribution in [2.45, 2.75) is 13.0 Å². The molecular formula is C13H12N4. The first-order valence-electron chi connectivity index (χ1n) is 5.61. The fourth-order valence-electron chi connectivity index (χ4n) is 1.85. The van der Waals surface area contributed by atoms with E-state index in [1.165, 1.54) is 0 Å². The first kappa shape index (κ1) is 9.96. The van der Waals surface area contributed by atoms with Crippen LogP contribution in [0.25, 0.3) is 11.0 Å². The molecule has 84 valence electrons. The number of nitrogens with zero attached hydrogens (tertiary/aromatic N) is 4. The Balaban J connectivity index is 1.82. The lowest BCUT2D eigenvalue weighted by Gasteiger charge is -2.01. The Morgan fingerprint density at radius 1 is 1.00 bits per heavy atom. The maximum Gasteiger partial charge on any atom is 0.113 e. The number of aromatic nitrogens is 4. The maximum absolute atomic E-state index is 4.30. The van der Waals surface area contributed by atoms with Crippen LogP contribution >= 0.6 is 0 Å². The van der Waals surface area contributed by atoms with Crippen LogP contribution in [0.3, 0.4) is 0 Å². The van der Waals surface area contributed by atoms with E-state index >= 15 is 0 Å². The number of hydrogen-bond acceptors (Lipinski definition) is 3. The highest BCUT2D eigenvalue weighted by Crippen LogP contribution is 2.10. The van der Waals surface area contributed by atoms with Gasteiger partial charge in [0, 0.05) is 24.9 Å². The van der Waals surface area contributed by atoms with E-state index in [4.69, 9.17) is 0 Å². The molecule has 0 saturated heterocycles. The van der Waals surface area contributed by atoms with Crippen molar-refractivity contribution >= 4 is 11.0 Å². The molecule has 0 aliphatic rings. The van der Waals surface area contributed by atoms with Crippen molar-refractivity contribution in [3.8, 4) is 0 Å². The van der Waals surface area contributed by atoms with Crippen molar-refractivity contribution in [3.05, 3.63) is 54.4 Å². The normalized spacial score (nSPS) is 10.8. The van der Waals surface area contributed by atoms with E-state index in [1.807, 2.05) is 53.3 Å². The van der Waals surface area contributed by atoms with Gasteiger partial charge in [0.05, 0.1) is 5.52 Å². The van der Waals surface area contributed by atoms with Crippen LogP contribution in [0, 0.1) is 0 Å². The Morgan fingerprint density at radius 2 is 1.88 bits per heavy atom. The van der Waals surface area contributed by atoms with E-state index < -0.39 is 0 Å². The second-order valence-electron chi connectivity index (χ2n) is 3.87. The molecule has 0 unspecified atom stereocenters. The minimum Gasteiger partial charge on any atom is -0.261 e. The molecule has 0 N–H and O–H groups in total. The zero-order chi connectivity index (χ0) is 11.5. The van der Waals surface area contributed by atoms with Crippen molar-refractivity contribution in [1.82, 2.24) is 20.0 Å². The largest absolute Gasteiger partial charge is 0.261 e. The van der Waals surface area contributed by atoms with E-state index in [-0.39, 0.29) is 0 Å². The van der Waals surface area contributed by atoms with Crippen molar-refractivity contribution in [3.63, 3.8) is 0 Å². The summed E-state index contributed by atoms with van der Waals surface area (Å²) in [5.74, 6) is 0. The molecule has 2 heterocycles. The summed E-state index contributed by atoms with van der Waals surface area (Å²) in [5, 5.41) is 8.27. The van der Waals surface area contributed by atoms with Gasteiger partial charge in [-0.2, -0.15) is 0 Å². The van der Waals surface area contributed by atoms with Gasteiger partial charge >= 0.3 is 0 Å². The molecule has 0 atom stereocenters. The van der Waals surface area contributed by atoms with Crippen LogP contribution in [0.5, 0.6) is 0 Å². The lowest BCUT2D eigenvalue weighted by atomic mass is 10.2. The third kappa shape index (κ3) is 2.01. The Hall–Kier alpha value is -2.23. The molecule has 0 saturated carbocycles. The first-order chi connectivity index (χ1) is 8.43. The molecule has 0 spiro atoms. The number of pyridine rings is 1. The van der Waals surface area contributed by atoms with Crippen LogP contribution in [0.1, 0.15) is 5.69 Å². The molecule has 3 rings (SSSR count). The molecule has 0 amide bonds. The fourth-order valence-corrected chi connectivity index (χ4v) is 1.85. The minimum absolute atomic E-state index is 0.803. The molecule has 4 nitrogen and oxygen atoms in total.